The summed E-state index contributed by atoms with van der Waals surface area (Å²) >= 11 is 0. The van der Waals surface area contributed by atoms with E-state index in [4.69, 9.17) is 20.2 Å². The van der Waals surface area contributed by atoms with Crippen LogP contribution >= 0.6 is 0 Å². The molecular formula is C26H34N8O3. The van der Waals surface area contributed by atoms with Gasteiger partial charge in [0.15, 0.2) is 17.3 Å². The molecular weight excluding hydrogens is 472 g/mol. The van der Waals surface area contributed by atoms with E-state index in [1.54, 1.807) is 12.3 Å². The van der Waals surface area contributed by atoms with Crippen molar-refractivity contribution in [3.8, 4) is 11.4 Å². The first-order valence-electron chi connectivity index (χ1n) is 12.9. The van der Waals surface area contributed by atoms with Crippen LogP contribution in [0, 0.1) is 0 Å². The van der Waals surface area contributed by atoms with Crippen LogP contribution in [0.15, 0.2) is 30.5 Å². The number of aromatic amines is 1. The Hall–Kier alpha value is -3.54. The molecule has 37 heavy (non-hydrogen) atoms. The van der Waals surface area contributed by atoms with E-state index in [0.717, 1.165) is 57.8 Å². The number of nitrogens with one attached hydrogen (secondary N) is 3. The molecule has 2 fully saturated rings. The predicted molar refractivity (Wildman–Crippen MR) is 141 cm³/mol. The van der Waals surface area contributed by atoms with Crippen LogP contribution in [0.3, 0.4) is 0 Å². The molecule has 0 bridgehead atoms. The van der Waals surface area contributed by atoms with Gasteiger partial charge in [-0.2, -0.15) is 5.10 Å². The Bertz CT molecular complexity index is 1200. The van der Waals surface area contributed by atoms with Crippen molar-refractivity contribution in [2.75, 3.05) is 50.2 Å². The number of primary amides is 1. The number of carbonyl (C=O) groups excluding carboxylic acids is 1. The number of hydrogen-bond acceptors (Lipinski definition) is 9. The van der Waals surface area contributed by atoms with Gasteiger partial charge >= 0.3 is 0 Å². The number of H-pyrrole nitrogens is 1. The van der Waals surface area contributed by atoms with E-state index in [1.165, 1.54) is 11.1 Å². The number of amides is 1. The van der Waals surface area contributed by atoms with Crippen LogP contribution in [0.25, 0.3) is 11.4 Å². The predicted octanol–water partition coefficient (Wildman–Crippen LogP) is 2.69. The van der Waals surface area contributed by atoms with Crippen molar-refractivity contribution in [2.24, 2.45) is 5.73 Å². The highest BCUT2D eigenvalue weighted by molar-refractivity contribution is 5.97. The summed E-state index contributed by atoms with van der Waals surface area (Å²) in [5.74, 6) is 0.194. The molecule has 2 aromatic heterocycles. The zero-order valence-corrected chi connectivity index (χ0v) is 21.1. The lowest BCUT2D eigenvalue weighted by Gasteiger charge is -2.27. The fraction of sp³-hybridized carbons (Fsp3) is 0.462. The number of carbonyl (C=O) groups is 1. The number of rotatable bonds is 9. The number of morpholine rings is 1. The van der Waals surface area contributed by atoms with Gasteiger partial charge in [-0.3, -0.25) is 14.8 Å². The molecule has 4 heterocycles. The summed E-state index contributed by atoms with van der Waals surface area (Å²) in [5, 5.41) is 13.9. The zero-order valence-electron chi connectivity index (χ0n) is 21.1. The Labute approximate surface area is 216 Å². The van der Waals surface area contributed by atoms with Crippen molar-refractivity contribution in [3.05, 3.63) is 47.3 Å². The second kappa shape index (κ2) is 11.7. The minimum Gasteiger partial charge on any atom is -0.381 e. The summed E-state index contributed by atoms with van der Waals surface area (Å²) in [6, 6.07) is 8.22. The quantitative estimate of drug-likeness (QED) is 0.344. The highest BCUT2D eigenvalue weighted by Crippen LogP contribution is 2.30. The topological polar surface area (TPSA) is 143 Å². The largest absolute Gasteiger partial charge is 0.381 e. The molecule has 2 aliphatic heterocycles. The Morgan fingerprint density at radius 2 is 1.86 bits per heavy atom. The molecule has 2 aliphatic rings. The molecule has 0 unspecified atom stereocenters. The van der Waals surface area contributed by atoms with E-state index in [0.29, 0.717) is 36.2 Å². The van der Waals surface area contributed by atoms with E-state index < -0.39 is 5.91 Å². The second-order valence-electron chi connectivity index (χ2n) is 9.32. The molecule has 0 atom stereocenters. The number of nitrogens with two attached hydrogens (primary N) is 1. The van der Waals surface area contributed by atoms with Crippen LogP contribution in [0.1, 0.15) is 41.4 Å². The summed E-state index contributed by atoms with van der Waals surface area (Å²) in [7, 11) is 0. The molecule has 0 radical (unpaired) electrons. The van der Waals surface area contributed by atoms with E-state index in [9.17, 15) is 4.79 Å². The Morgan fingerprint density at radius 3 is 2.57 bits per heavy atom. The van der Waals surface area contributed by atoms with E-state index in [1.807, 2.05) is 6.07 Å². The third-order valence-electron chi connectivity index (χ3n) is 6.78. The number of ether oxygens (including phenoxy) is 2. The Morgan fingerprint density at radius 1 is 1.08 bits per heavy atom. The lowest BCUT2D eigenvalue weighted by atomic mass is 10.0. The molecule has 196 valence electrons. The molecule has 11 heteroatoms. The Balaban J connectivity index is 1.45. The van der Waals surface area contributed by atoms with Gasteiger partial charge in [-0.15, -0.1) is 0 Å². The number of aryl methyl sites for hydroxylation is 1. The fourth-order valence-electron chi connectivity index (χ4n) is 4.72. The van der Waals surface area contributed by atoms with Gasteiger partial charge in [0.2, 0.25) is 0 Å². The highest BCUT2D eigenvalue weighted by atomic mass is 16.5. The zero-order chi connectivity index (χ0) is 25.6. The van der Waals surface area contributed by atoms with Gasteiger partial charge in [-0.05, 0) is 48.6 Å². The molecule has 0 aliphatic carbocycles. The van der Waals surface area contributed by atoms with Crippen LogP contribution in [-0.2, 0) is 22.4 Å². The number of anilines is 3. The molecule has 2 saturated heterocycles. The monoisotopic (exact) mass is 506 g/mol. The van der Waals surface area contributed by atoms with Gasteiger partial charge in [0.05, 0.1) is 13.2 Å². The summed E-state index contributed by atoms with van der Waals surface area (Å²) in [5.41, 5.74) is 10.2. The molecule has 1 aromatic carbocycles. The number of nitrogens with zero attached hydrogens (tertiary/aromatic N) is 4. The first-order valence-corrected chi connectivity index (χ1v) is 12.9. The maximum absolute atomic E-state index is 12.4. The van der Waals surface area contributed by atoms with Crippen LogP contribution in [0.2, 0.25) is 0 Å². The number of aromatic nitrogens is 4. The summed E-state index contributed by atoms with van der Waals surface area (Å²) in [4.78, 5) is 24.3. The summed E-state index contributed by atoms with van der Waals surface area (Å²) in [6.45, 7) is 7.82. The van der Waals surface area contributed by atoms with Gasteiger partial charge < -0.3 is 25.8 Å². The standard InChI is InChI=1S/C26H34N8O3/c1-2-17-15-20(4-3-18(17)16-34-9-13-37-14-10-34)30-26-23(24(27)35)31-22(21-5-8-28-33-21)25(32-26)29-19-6-11-36-12-7-19/h3-5,8,15,19H,2,6-7,9-14,16H2,1H3,(H2,27,35)(H,28,33)(H2,29,30,32). The maximum Gasteiger partial charge on any atom is 0.271 e. The first kappa shape index (κ1) is 25.1. The minimum absolute atomic E-state index is 0.0611. The van der Waals surface area contributed by atoms with E-state index >= 15 is 0 Å². The minimum atomic E-state index is -0.663. The number of benzene rings is 1. The van der Waals surface area contributed by atoms with Crippen molar-refractivity contribution in [3.63, 3.8) is 0 Å². The van der Waals surface area contributed by atoms with Crippen molar-refractivity contribution >= 4 is 23.2 Å². The average Bonchev–Trinajstić information content (AvgIpc) is 3.45. The lowest BCUT2D eigenvalue weighted by Crippen LogP contribution is -2.35. The maximum atomic E-state index is 12.4. The average molecular weight is 507 g/mol. The Kier molecular flexibility index (Phi) is 7.93. The first-order chi connectivity index (χ1) is 18.1. The second-order valence-corrected chi connectivity index (χ2v) is 9.32. The van der Waals surface area contributed by atoms with Gasteiger partial charge in [0.25, 0.3) is 5.91 Å². The van der Waals surface area contributed by atoms with Gasteiger partial charge in [-0.1, -0.05) is 13.0 Å². The van der Waals surface area contributed by atoms with Crippen LogP contribution in [0.4, 0.5) is 17.3 Å². The molecule has 0 spiro atoms. The van der Waals surface area contributed by atoms with Crippen molar-refractivity contribution in [1.82, 2.24) is 25.1 Å². The molecule has 3 aromatic rings. The normalized spacial score (nSPS) is 17.0. The molecule has 5 N–H and O–H groups in total. The van der Waals surface area contributed by atoms with Crippen LogP contribution in [0.5, 0.6) is 0 Å². The third-order valence-corrected chi connectivity index (χ3v) is 6.78. The van der Waals surface area contributed by atoms with Crippen molar-refractivity contribution < 1.29 is 14.3 Å². The van der Waals surface area contributed by atoms with Gasteiger partial charge in [0.1, 0.15) is 11.4 Å². The highest BCUT2D eigenvalue weighted by Gasteiger charge is 2.23. The molecule has 1 amide bonds. The third kappa shape index (κ3) is 6.07. The fourth-order valence-corrected chi connectivity index (χ4v) is 4.72. The van der Waals surface area contributed by atoms with E-state index in [2.05, 4.69) is 49.8 Å². The van der Waals surface area contributed by atoms with Crippen LogP contribution < -0.4 is 16.4 Å². The van der Waals surface area contributed by atoms with Crippen molar-refractivity contribution in [1.29, 1.82) is 0 Å². The summed E-state index contributed by atoms with van der Waals surface area (Å²) < 4.78 is 11.0. The van der Waals surface area contributed by atoms with Gasteiger partial charge in [0, 0.05) is 50.8 Å². The van der Waals surface area contributed by atoms with Gasteiger partial charge in [-0.25, -0.2) is 9.97 Å². The molecule has 11 nitrogen and oxygen atoms in total. The summed E-state index contributed by atoms with van der Waals surface area (Å²) in [6.07, 6.45) is 4.30. The number of hydrogen-bond donors (Lipinski definition) is 4. The molecule has 5 rings (SSSR count). The van der Waals surface area contributed by atoms with E-state index in [-0.39, 0.29) is 11.7 Å². The van der Waals surface area contributed by atoms with Crippen molar-refractivity contribution in [2.45, 2.75) is 38.8 Å². The van der Waals surface area contributed by atoms with Crippen LogP contribution in [-0.4, -0.2) is 76.5 Å². The smallest absolute Gasteiger partial charge is 0.271 e. The molecule has 0 saturated carbocycles. The lowest BCUT2D eigenvalue weighted by molar-refractivity contribution is 0.0341. The SMILES string of the molecule is CCc1cc(Nc2nc(NC3CCOCC3)c(-c3cc[nH]n3)nc2C(N)=O)ccc1CN1CCOCC1.